The number of benzene rings is 1. The second-order valence-electron chi connectivity index (χ2n) is 6.22. The van der Waals surface area contributed by atoms with Gasteiger partial charge >= 0.3 is 0 Å². The lowest BCUT2D eigenvalue weighted by Crippen LogP contribution is -2.41. The zero-order valence-electron chi connectivity index (χ0n) is 12.7. The third-order valence-electron chi connectivity index (χ3n) is 4.99. The van der Waals surface area contributed by atoms with E-state index in [0.29, 0.717) is 12.2 Å². The highest BCUT2D eigenvalue weighted by molar-refractivity contribution is 5.95. The molecule has 2 aliphatic rings. The van der Waals surface area contributed by atoms with Crippen molar-refractivity contribution in [2.75, 3.05) is 6.54 Å². The summed E-state index contributed by atoms with van der Waals surface area (Å²) in [6.45, 7) is 2.90. The zero-order chi connectivity index (χ0) is 14.8. The average molecular weight is 285 g/mol. The molecule has 21 heavy (non-hydrogen) atoms. The summed E-state index contributed by atoms with van der Waals surface area (Å²) in [5, 5.41) is 0. The summed E-state index contributed by atoms with van der Waals surface area (Å²) in [6.07, 6.45) is 5.64. The van der Waals surface area contributed by atoms with Crippen LogP contribution in [0.2, 0.25) is 0 Å². The van der Waals surface area contributed by atoms with Gasteiger partial charge < -0.3 is 4.90 Å². The number of likely N-dealkylation sites (tertiary alicyclic amines) is 1. The van der Waals surface area contributed by atoms with E-state index in [1.54, 1.807) is 0 Å². The monoisotopic (exact) mass is 285 g/mol. The molecule has 1 amide bonds. The van der Waals surface area contributed by atoms with Crippen LogP contribution in [-0.4, -0.2) is 29.2 Å². The molecular formula is C18H23NO2. The van der Waals surface area contributed by atoms with Crippen LogP contribution in [0, 0.1) is 5.92 Å². The van der Waals surface area contributed by atoms with Gasteiger partial charge in [-0.25, -0.2) is 0 Å². The first-order chi connectivity index (χ1) is 10.2. The number of nitrogens with zero attached hydrogens (tertiary/aromatic N) is 1. The van der Waals surface area contributed by atoms with E-state index in [1.165, 1.54) is 5.56 Å². The van der Waals surface area contributed by atoms with Crippen molar-refractivity contribution in [3.05, 3.63) is 35.4 Å². The van der Waals surface area contributed by atoms with Gasteiger partial charge in [-0.05, 0) is 49.8 Å². The molecule has 0 radical (unpaired) electrons. The number of aryl methyl sites for hydroxylation is 1. The number of rotatable bonds is 3. The van der Waals surface area contributed by atoms with Crippen LogP contribution >= 0.6 is 0 Å². The highest BCUT2D eigenvalue weighted by atomic mass is 16.2. The molecule has 1 saturated carbocycles. The fourth-order valence-electron chi connectivity index (χ4n) is 3.76. The Morgan fingerprint density at radius 2 is 1.95 bits per heavy atom. The molecule has 0 N–H and O–H groups in total. The SMILES string of the molecule is CCc1ccc(C(=O)N2CCCC2C2CCCC2=O)cc1. The van der Waals surface area contributed by atoms with E-state index in [4.69, 9.17) is 0 Å². The molecule has 112 valence electrons. The maximum absolute atomic E-state index is 12.7. The quantitative estimate of drug-likeness (QED) is 0.855. The predicted octanol–water partition coefficient (Wildman–Crippen LogP) is 3.22. The van der Waals surface area contributed by atoms with Crippen molar-refractivity contribution in [1.82, 2.24) is 4.90 Å². The third-order valence-corrected chi connectivity index (χ3v) is 4.99. The maximum Gasteiger partial charge on any atom is 0.254 e. The summed E-state index contributed by atoms with van der Waals surface area (Å²) in [5.74, 6) is 0.548. The van der Waals surface area contributed by atoms with Crippen LogP contribution in [0.15, 0.2) is 24.3 Å². The minimum Gasteiger partial charge on any atom is -0.335 e. The van der Waals surface area contributed by atoms with Crippen LogP contribution in [0.3, 0.4) is 0 Å². The smallest absolute Gasteiger partial charge is 0.254 e. The number of carbonyl (C=O) groups excluding carboxylic acids is 2. The van der Waals surface area contributed by atoms with Crippen molar-refractivity contribution < 1.29 is 9.59 Å². The molecule has 1 aliphatic carbocycles. The van der Waals surface area contributed by atoms with Gasteiger partial charge in [0.15, 0.2) is 0 Å². The van der Waals surface area contributed by atoms with E-state index < -0.39 is 0 Å². The lowest BCUT2D eigenvalue weighted by Gasteiger charge is -2.28. The Hall–Kier alpha value is -1.64. The molecule has 1 saturated heterocycles. The summed E-state index contributed by atoms with van der Waals surface area (Å²) >= 11 is 0. The molecule has 1 aromatic rings. The minimum atomic E-state index is 0.0892. The highest BCUT2D eigenvalue weighted by Gasteiger charge is 2.40. The van der Waals surface area contributed by atoms with Gasteiger partial charge in [-0.2, -0.15) is 0 Å². The number of carbonyl (C=O) groups is 2. The fourth-order valence-corrected chi connectivity index (χ4v) is 3.76. The van der Waals surface area contributed by atoms with Crippen molar-refractivity contribution >= 4 is 11.7 Å². The normalized spacial score (nSPS) is 25.6. The van der Waals surface area contributed by atoms with Crippen LogP contribution in [0.1, 0.15) is 54.9 Å². The van der Waals surface area contributed by atoms with Gasteiger partial charge in [0.2, 0.25) is 0 Å². The standard InChI is InChI=1S/C18H23NO2/c1-2-13-8-10-14(11-9-13)18(21)19-12-4-6-16(19)15-5-3-7-17(15)20/h8-11,15-16H,2-7,12H2,1H3. The molecule has 1 aliphatic heterocycles. The van der Waals surface area contributed by atoms with Crippen molar-refractivity contribution in [3.8, 4) is 0 Å². The summed E-state index contributed by atoms with van der Waals surface area (Å²) in [4.78, 5) is 26.7. The fraction of sp³-hybridized carbons (Fsp3) is 0.556. The van der Waals surface area contributed by atoms with Crippen molar-refractivity contribution in [2.45, 2.75) is 51.5 Å². The predicted molar refractivity (Wildman–Crippen MR) is 82.2 cm³/mol. The van der Waals surface area contributed by atoms with E-state index in [-0.39, 0.29) is 17.9 Å². The average Bonchev–Trinajstić information content (AvgIpc) is 3.14. The molecule has 2 unspecified atom stereocenters. The van der Waals surface area contributed by atoms with Gasteiger partial charge in [0, 0.05) is 30.5 Å². The number of hydrogen-bond acceptors (Lipinski definition) is 2. The van der Waals surface area contributed by atoms with Crippen molar-refractivity contribution in [2.24, 2.45) is 5.92 Å². The van der Waals surface area contributed by atoms with Crippen LogP contribution in [0.4, 0.5) is 0 Å². The number of Topliss-reactive ketones (excluding diaryl/α,β-unsaturated/α-hetero) is 1. The zero-order valence-corrected chi connectivity index (χ0v) is 12.7. The number of ketones is 1. The Labute approximate surface area is 126 Å². The van der Waals surface area contributed by atoms with Gasteiger partial charge in [-0.1, -0.05) is 19.1 Å². The summed E-state index contributed by atoms with van der Waals surface area (Å²) in [7, 11) is 0. The lowest BCUT2D eigenvalue weighted by atomic mass is 9.94. The molecule has 2 atom stereocenters. The van der Waals surface area contributed by atoms with Gasteiger partial charge in [0.05, 0.1) is 0 Å². The van der Waals surface area contributed by atoms with E-state index in [0.717, 1.165) is 44.2 Å². The molecular weight excluding hydrogens is 262 g/mol. The summed E-state index contributed by atoms with van der Waals surface area (Å²) < 4.78 is 0. The molecule has 2 fully saturated rings. The largest absolute Gasteiger partial charge is 0.335 e. The minimum absolute atomic E-state index is 0.0892. The lowest BCUT2D eigenvalue weighted by molar-refractivity contribution is -0.121. The second-order valence-corrected chi connectivity index (χ2v) is 6.22. The second kappa shape index (κ2) is 6.00. The first-order valence-corrected chi connectivity index (χ1v) is 8.13. The topological polar surface area (TPSA) is 37.4 Å². The Morgan fingerprint density at radius 3 is 2.57 bits per heavy atom. The third kappa shape index (κ3) is 2.74. The molecule has 3 rings (SSSR count). The Bertz CT molecular complexity index is 535. The van der Waals surface area contributed by atoms with Gasteiger partial charge in [0.25, 0.3) is 5.91 Å². The maximum atomic E-state index is 12.7. The molecule has 3 heteroatoms. The first kappa shape index (κ1) is 14.3. The van der Waals surface area contributed by atoms with Crippen molar-refractivity contribution in [1.29, 1.82) is 0 Å². The Kier molecular flexibility index (Phi) is 4.09. The van der Waals surface area contributed by atoms with Gasteiger partial charge in [-0.15, -0.1) is 0 Å². The summed E-state index contributed by atoms with van der Waals surface area (Å²) in [6, 6.07) is 8.04. The summed E-state index contributed by atoms with van der Waals surface area (Å²) in [5.41, 5.74) is 2.00. The van der Waals surface area contributed by atoms with Crippen LogP contribution in [-0.2, 0) is 11.2 Å². The Morgan fingerprint density at radius 1 is 1.19 bits per heavy atom. The van der Waals surface area contributed by atoms with Crippen molar-refractivity contribution in [3.63, 3.8) is 0 Å². The first-order valence-electron chi connectivity index (χ1n) is 8.13. The van der Waals surface area contributed by atoms with E-state index in [9.17, 15) is 9.59 Å². The van der Waals surface area contributed by atoms with Gasteiger partial charge in [-0.3, -0.25) is 9.59 Å². The molecule has 1 heterocycles. The van der Waals surface area contributed by atoms with E-state index in [1.807, 2.05) is 29.2 Å². The van der Waals surface area contributed by atoms with E-state index in [2.05, 4.69) is 6.92 Å². The molecule has 0 bridgehead atoms. The van der Waals surface area contributed by atoms with Gasteiger partial charge in [0.1, 0.15) is 5.78 Å². The Balaban J connectivity index is 1.77. The molecule has 1 aromatic carbocycles. The van der Waals surface area contributed by atoms with Crippen LogP contribution in [0.5, 0.6) is 0 Å². The highest BCUT2D eigenvalue weighted by Crippen LogP contribution is 2.34. The number of hydrogen-bond donors (Lipinski definition) is 0. The van der Waals surface area contributed by atoms with Crippen LogP contribution in [0.25, 0.3) is 0 Å². The molecule has 0 aromatic heterocycles. The van der Waals surface area contributed by atoms with E-state index >= 15 is 0 Å². The molecule has 0 spiro atoms. The van der Waals surface area contributed by atoms with Crippen LogP contribution < -0.4 is 0 Å². The number of amides is 1. The molecule has 3 nitrogen and oxygen atoms in total.